The van der Waals surface area contributed by atoms with E-state index < -0.39 is 0 Å². The summed E-state index contributed by atoms with van der Waals surface area (Å²) in [6.45, 7) is 0.424. The summed E-state index contributed by atoms with van der Waals surface area (Å²) in [5, 5.41) is 9.82. The smallest absolute Gasteiger partial charge is 0.258 e. The summed E-state index contributed by atoms with van der Waals surface area (Å²) in [6.07, 6.45) is 1.70. The number of rotatable bonds is 6. The number of fused-ring (bicyclic) bond motifs is 1. The number of likely N-dealkylation sites (N-methyl/N-ethyl adjacent to an activating group) is 1. The minimum absolute atomic E-state index is 0.0323. The van der Waals surface area contributed by atoms with Gasteiger partial charge in [0.05, 0.1) is 25.5 Å². The van der Waals surface area contributed by atoms with E-state index in [0.717, 1.165) is 11.3 Å². The topological polar surface area (TPSA) is 67.1 Å². The van der Waals surface area contributed by atoms with Crippen LogP contribution in [0.1, 0.15) is 17.3 Å². The minimum atomic E-state index is -0.193. The molecule has 0 aliphatic rings. The van der Waals surface area contributed by atoms with Crippen molar-refractivity contribution in [2.75, 3.05) is 20.8 Å². The molecule has 0 fully saturated rings. The monoisotopic (exact) mass is 339 g/mol. The zero-order valence-electron chi connectivity index (χ0n) is 14.3. The first-order chi connectivity index (χ1) is 12.1. The van der Waals surface area contributed by atoms with Crippen LogP contribution in [0.2, 0.25) is 0 Å². The fourth-order valence-electron chi connectivity index (χ4n) is 2.88. The van der Waals surface area contributed by atoms with Crippen LogP contribution in [0.5, 0.6) is 5.75 Å². The van der Waals surface area contributed by atoms with Gasteiger partial charge in [0, 0.05) is 18.8 Å². The Morgan fingerprint density at radius 3 is 2.68 bits per heavy atom. The number of ether oxygens (including phenoxy) is 1. The van der Waals surface area contributed by atoms with Crippen molar-refractivity contribution in [1.82, 2.24) is 14.3 Å². The number of nitrogens with zero attached hydrogens (tertiary/aromatic N) is 3. The van der Waals surface area contributed by atoms with Gasteiger partial charge in [-0.3, -0.25) is 14.1 Å². The number of pyridine rings is 1. The maximum absolute atomic E-state index is 12.2. The molecule has 6 heteroatoms. The Labute approximate surface area is 145 Å². The van der Waals surface area contributed by atoms with Gasteiger partial charge in [0.2, 0.25) is 0 Å². The molecule has 0 saturated heterocycles. The van der Waals surface area contributed by atoms with Crippen LogP contribution in [0, 0.1) is 0 Å². The largest absolute Gasteiger partial charge is 0.497 e. The van der Waals surface area contributed by atoms with Crippen LogP contribution < -0.4 is 10.3 Å². The molecule has 2 heterocycles. The fourth-order valence-corrected chi connectivity index (χ4v) is 2.88. The van der Waals surface area contributed by atoms with Gasteiger partial charge >= 0.3 is 0 Å². The van der Waals surface area contributed by atoms with E-state index in [-0.39, 0.29) is 18.2 Å². The molecule has 3 aromatic rings. The van der Waals surface area contributed by atoms with Gasteiger partial charge in [-0.15, -0.1) is 0 Å². The second-order valence-corrected chi connectivity index (χ2v) is 5.90. The molecule has 0 aliphatic heterocycles. The van der Waals surface area contributed by atoms with E-state index in [1.807, 2.05) is 42.3 Å². The summed E-state index contributed by atoms with van der Waals surface area (Å²) in [6, 6.07) is 14.4. The van der Waals surface area contributed by atoms with Crippen molar-refractivity contribution in [3.05, 3.63) is 76.3 Å². The Kier molecular flexibility index (Phi) is 5.11. The standard InChI is InChI=1S/C19H21N3O3/c1-21(17(13-23)14-6-8-16(25-2)9-7-14)12-15-11-19(24)22-10-4-3-5-18(22)20-15/h3-11,17,23H,12-13H2,1-2H3. The molecular formula is C19H21N3O3. The third-order valence-electron chi connectivity index (χ3n) is 4.24. The van der Waals surface area contributed by atoms with Crippen LogP contribution in [-0.2, 0) is 6.54 Å². The summed E-state index contributed by atoms with van der Waals surface area (Å²) >= 11 is 0. The van der Waals surface area contributed by atoms with Crippen molar-refractivity contribution in [2.45, 2.75) is 12.6 Å². The summed E-state index contributed by atoms with van der Waals surface area (Å²) in [4.78, 5) is 18.7. The Hall–Kier alpha value is -2.70. The van der Waals surface area contributed by atoms with Gasteiger partial charge in [-0.05, 0) is 36.9 Å². The lowest BCUT2D eigenvalue weighted by atomic mass is 10.1. The van der Waals surface area contributed by atoms with Crippen LogP contribution in [0.15, 0.2) is 59.5 Å². The van der Waals surface area contributed by atoms with Crippen molar-refractivity contribution in [3.8, 4) is 5.75 Å². The van der Waals surface area contributed by atoms with Gasteiger partial charge < -0.3 is 9.84 Å². The molecular weight excluding hydrogens is 318 g/mol. The lowest BCUT2D eigenvalue weighted by Crippen LogP contribution is -2.28. The molecule has 1 N–H and O–H groups in total. The molecule has 3 rings (SSSR count). The number of hydrogen-bond acceptors (Lipinski definition) is 5. The summed E-state index contributed by atoms with van der Waals surface area (Å²) in [7, 11) is 3.52. The van der Waals surface area contributed by atoms with E-state index in [9.17, 15) is 9.90 Å². The number of aromatic nitrogens is 2. The van der Waals surface area contributed by atoms with Crippen LogP contribution in [0.25, 0.3) is 5.65 Å². The molecule has 2 aromatic heterocycles. The van der Waals surface area contributed by atoms with Crippen LogP contribution in [0.3, 0.4) is 0 Å². The average molecular weight is 339 g/mol. The van der Waals surface area contributed by atoms with Gasteiger partial charge in [-0.2, -0.15) is 0 Å². The van der Waals surface area contributed by atoms with E-state index in [1.165, 1.54) is 10.5 Å². The normalized spacial score (nSPS) is 12.5. The van der Waals surface area contributed by atoms with E-state index >= 15 is 0 Å². The molecule has 25 heavy (non-hydrogen) atoms. The Morgan fingerprint density at radius 1 is 1.24 bits per heavy atom. The lowest BCUT2D eigenvalue weighted by molar-refractivity contribution is 0.141. The second kappa shape index (κ2) is 7.46. The Morgan fingerprint density at radius 2 is 2.00 bits per heavy atom. The SMILES string of the molecule is COc1ccc(C(CO)N(C)Cc2cc(=O)n3ccccc3n2)cc1. The molecule has 1 unspecified atom stereocenters. The first kappa shape index (κ1) is 17.1. The molecule has 1 atom stereocenters. The molecule has 6 nitrogen and oxygen atoms in total. The van der Waals surface area contributed by atoms with Crippen molar-refractivity contribution in [2.24, 2.45) is 0 Å². The Balaban J connectivity index is 1.84. The quantitative estimate of drug-likeness (QED) is 0.743. The van der Waals surface area contributed by atoms with Gasteiger partial charge in [0.1, 0.15) is 11.4 Å². The summed E-state index contributed by atoms with van der Waals surface area (Å²) < 4.78 is 6.68. The van der Waals surface area contributed by atoms with Crippen molar-refractivity contribution in [3.63, 3.8) is 0 Å². The van der Waals surface area contributed by atoms with Crippen molar-refractivity contribution < 1.29 is 9.84 Å². The summed E-state index contributed by atoms with van der Waals surface area (Å²) in [5.74, 6) is 0.771. The number of benzene rings is 1. The zero-order chi connectivity index (χ0) is 17.8. The minimum Gasteiger partial charge on any atom is -0.497 e. The molecule has 1 aromatic carbocycles. The van der Waals surface area contributed by atoms with Crippen molar-refractivity contribution in [1.29, 1.82) is 0 Å². The van der Waals surface area contributed by atoms with E-state index in [4.69, 9.17) is 4.74 Å². The number of methoxy groups -OCH3 is 1. The molecule has 0 amide bonds. The first-order valence-electron chi connectivity index (χ1n) is 8.04. The third kappa shape index (κ3) is 3.70. The highest BCUT2D eigenvalue weighted by molar-refractivity contribution is 5.38. The third-order valence-corrected chi connectivity index (χ3v) is 4.24. The molecule has 0 saturated carbocycles. The average Bonchev–Trinajstić information content (AvgIpc) is 2.63. The van der Waals surface area contributed by atoms with E-state index in [1.54, 1.807) is 25.4 Å². The second-order valence-electron chi connectivity index (χ2n) is 5.90. The van der Waals surface area contributed by atoms with Gasteiger partial charge in [0.15, 0.2) is 0 Å². The van der Waals surface area contributed by atoms with Gasteiger partial charge in [-0.25, -0.2) is 4.98 Å². The molecule has 0 aliphatic carbocycles. The molecule has 130 valence electrons. The highest BCUT2D eigenvalue weighted by Crippen LogP contribution is 2.22. The summed E-state index contributed by atoms with van der Waals surface area (Å²) in [5.41, 5.74) is 2.15. The van der Waals surface area contributed by atoms with E-state index in [2.05, 4.69) is 4.98 Å². The van der Waals surface area contributed by atoms with Crippen molar-refractivity contribution >= 4 is 5.65 Å². The fraction of sp³-hybridized carbons (Fsp3) is 0.263. The highest BCUT2D eigenvalue weighted by Gasteiger charge is 2.17. The molecule has 0 spiro atoms. The van der Waals surface area contributed by atoms with Crippen LogP contribution >= 0.6 is 0 Å². The number of aliphatic hydroxyl groups is 1. The van der Waals surface area contributed by atoms with Crippen LogP contribution in [0.4, 0.5) is 0 Å². The zero-order valence-corrected chi connectivity index (χ0v) is 14.3. The lowest BCUT2D eigenvalue weighted by Gasteiger charge is -2.26. The van der Waals surface area contributed by atoms with E-state index in [0.29, 0.717) is 17.9 Å². The molecule has 0 radical (unpaired) electrons. The number of hydrogen-bond donors (Lipinski definition) is 1. The van der Waals surface area contributed by atoms with Gasteiger partial charge in [0.25, 0.3) is 5.56 Å². The number of aliphatic hydroxyl groups excluding tert-OH is 1. The van der Waals surface area contributed by atoms with Gasteiger partial charge in [-0.1, -0.05) is 18.2 Å². The maximum Gasteiger partial charge on any atom is 0.258 e. The predicted molar refractivity (Wildman–Crippen MR) is 95.7 cm³/mol. The predicted octanol–water partition coefficient (Wildman–Crippen LogP) is 1.87. The first-order valence-corrected chi connectivity index (χ1v) is 8.04. The highest BCUT2D eigenvalue weighted by atomic mass is 16.5. The molecule has 0 bridgehead atoms. The van der Waals surface area contributed by atoms with Crippen LogP contribution in [-0.4, -0.2) is 40.2 Å². The Bertz CT molecular complexity index is 906. The maximum atomic E-state index is 12.2.